The first kappa shape index (κ1) is 19.9. The summed E-state index contributed by atoms with van der Waals surface area (Å²) >= 11 is 0. The molecular weight excluding hydrogens is 348 g/mol. The Balaban J connectivity index is 0.000000257. The van der Waals surface area contributed by atoms with E-state index in [2.05, 4.69) is 10.2 Å². The molecule has 0 aromatic heterocycles. The Morgan fingerprint density at radius 1 is 1.08 bits per heavy atom. The lowest BCUT2D eigenvalue weighted by molar-refractivity contribution is 0.450. The number of nitrogens with zero attached hydrogens (tertiary/aromatic N) is 2. The fourth-order valence-electron chi connectivity index (χ4n) is 1.51. The van der Waals surface area contributed by atoms with Gasteiger partial charge >= 0.3 is 0 Å². The molecule has 0 bridgehead atoms. The number of phenolic OH excluding ortho intramolecular Hbond substituents is 2. The molecule has 0 spiro atoms. The van der Waals surface area contributed by atoms with Crippen molar-refractivity contribution in [1.82, 2.24) is 0 Å². The number of nitrogens with two attached hydrogens (primary N) is 2. The van der Waals surface area contributed by atoms with Crippen molar-refractivity contribution in [3.05, 3.63) is 53.6 Å². The molecule has 2 aromatic rings. The van der Waals surface area contributed by atoms with Crippen LogP contribution in [-0.4, -0.2) is 35.4 Å². The zero-order valence-corrected chi connectivity index (χ0v) is 14.1. The van der Waals surface area contributed by atoms with Crippen LogP contribution in [0.5, 0.6) is 11.5 Å². The Hall–Kier alpha value is -3.11. The van der Waals surface area contributed by atoms with Gasteiger partial charge in [0.2, 0.25) is 5.96 Å². The third kappa shape index (κ3) is 7.33. The van der Waals surface area contributed by atoms with E-state index in [1.165, 1.54) is 36.5 Å². The molecule has 9 nitrogen and oxygen atoms in total. The van der Waals surface area contributed by atoms with Gasteiger partial charge in [-0.3, -0.25) is 4.55 Å². The highest BCUT2D eigenvalue weighted by Gasteiger charge is 2.06. The van der Waals surface area contributed by atoms with Crippen LogP contribution in [0.15, 0.2) is 57.6 Å². The highest BCUT2D eigenvalue weighted by atomic mass is 32.2. The summed E-state index contributed by atoms with van der Waals surface area (Å²) in [6, 6.07) is 10.1. The predicted molar refractivity (Wildman–Crippen MR) is 94.2 cm³/mol. The summed E-state index contributed by atoms with van der Waals surface area (Å²) < 4.78 is 29.6. The standard InChI is InChI=1S/C8H10N4O2.C7H8O3S/c9-8(10)12-11-4-5-1-2-6(13)3-7(5)14;1-6-2-4-7(5-3-6)11(8,9)10/h1-4,13-14H,(H4,9,10,12);2-5H,1H3,(H,8,9,10). The van der Waals surface area contributed by atoms with E-state index in [0.717, 1.165) is 5.56 Å². The fourth-order valence-corrected chi connectivity index (χ4v) is 1.99. The summed E-state index contributed by atoms with van der Waals surface area (Å²) in [5, 5.41) is 25.1. The molecule has 0 heterocycles. The predicted octanol–water partition coefficient (Wildman–Crippen LogP) is 0.947. The Bertz CT molecular complexity index is 873. The SMILES string of the molecule is Cc1ccc(S(=O)(=O)O)cc1.NC(N)=NN=Cc1ccc(O)cc1O. The largest absolute Gasteiger partial charge is 0.508 e. The molecule has 0 atom stereocenters. The molecule has 0 saturated heterocycles. The van der Waals surface area contributed by atoms with Crippen molar-refractivity contribution in [3.63, 3.8) is 0 Å². The number of phenols is 2. The molecule has 2 aromatic carbocycles. The van der Waals surface area contributed by atoms with Crippen molar-refractivity contribution in [2.75, 3.05) is 0 Å². The van der Waals surface area contributed by atoms with Crippen LogP contribution in [0.1, 0.15) is 11.1 Å². The second-order valence-corrected chi connectivity index (χ2v) is 6.22. The quantitative estimate of drug-likeness (QED) is 0.233. The zero-order valence-electron chi connectivity index (χ0n) is 13.2. The Labute approximate surface area is 144 Å². The van der Waals surface area contributed by atoms with E-state index in [9.17, 15) is 13.5 Å². The molecule has 134 valence electrons. The summed E-state index contributed by atoms with van der Waals surface area (Å²) in [7, 11) is -4.02. The first-order valence-electron chi connectivity index (χ1n) is 6.77. The maximum atomic E-state index is 10.5. The van der Waals surface area contributed by atoms with E-state index in [0.29, 0.717) is 5.56 Å². The first-order chi connectivity index (χ1) is 11.6. The molecule has 0 aliphatic heterocycles. The summed E-state index contributed by atoms with van der Waals surface area (Å²) in [6.07, 6.45) is 1.27. The molecule has 0 radical (unpaired) electrons. The molecule has 10 heteroatoms. The minimum Gasteiger partial charge on any atom is -0.508 e. The van der Waals surface area contributed by atoms with Crippen molar-refractivity contribution in [1.29, 1.82) is 0 Å². The van der Waals surface area contributed by atoms with Crippen LogP contribution in [0.2, 0.25) is 0 Å². The van der Waals surface area contributed by atoms with Crippen LogP contribution in [0.25, 0.3) is 0 Å². The van der Waals surface area contributed by atoms with Gasteiger partial charge in [0.05, 0.1) is 11.1 Å². The van der Waals surface area contributed by atoms with Gasteiger partial charge in [-0.25, -0.2) is 0 Å². The van der Waals surface area contributed by atoms with Crippen LogP contribution >= 0.6 is 0 Å². The van der Waals surface area contributed by atoms with Gasteiger partial charge in [-0.05, 0) is 31.2 Å². The fraction of sp³-hybridized carbons (Fsp3) is 0.0667. The lowest BCUT2D eigenvalue weighted by Gasteiger charge is -1.97. The van der Waals surface area contributed by atoms with E-state index in [4.69, 9.17) is 21.1 Å². The molecule has 0 unspecified atom stereocenters. The Kier molecular flexibility index (Phi) is 6.91. The van der Waals surface area contributed by atoms with Gasteiger partial charge < -0.3 is 21.7 Å². The summed E-state index contributed by atoms with van der Waals surface area (Å²) in [5.41, 5.74) is 11.4. The molecule has 2 rings (SSSR count). The van der Waals surface area contributed by atoms with Crippen molar-refractivity contribution in [2.24, 2.45) is 21.7 Å². The van der Waals surface area contributed by atoms with Gasteiger partial charge in [-0.15, -0.1) is 5.10 Å². The molecule has 25 heavy (non-hydrogen) atoms. The number of hydrogen-bond donors (Lipinski definition) is 5. The van der Waals surface area contributed by atoms with E-state index >= 15 is 0 Å². The highest BCUT2D eigenvalue weighted by Crippen LogP contribution is 2.20. The third-order valence-electron chi connectivity index (χ3n) is 2.70. The average Bonchev–Trinajstić information content (AvgIpc) is 2.49. The number of hydrogen-bond acceptors (Lipinski definition) is 6. The maximum Gasteiger partial charge on any atom is 0.294 e. The minimum atomic E-state index is -4.02. The van der Waals surface area contributed by atoms with Crippen LogP contribution in [0.4, 0.5) is 0 Å². The van der Waals surface area contributed by atoms with Crippen LogP contribution < -0.4 is 11.5 Å². The number of guanidine groups is 1. The van der Waals surface area contributed by atoms with Crippen LogP contribution in [0, 0.1) is 6.92 Å². The number of aryl methyl sites for hydroxylation is 1. The Morgan fingerprint density at radius 3 is 2.16 bits per heavy atom. The smallest absolute Gasteiger partial charge is 0.294 e. The van der Waals surface area contributed by atoms with E-state index in [-0.39, 0.29) is 22.4 Å². The van der Waals surface area contributed by atoms with Gasteiger partial charge in [0.1, 0.15) is 11.5 Å². The van der Waals surface area contributed by atoms with E-state index < -0.39 is 10.1 Å². The maximum absolute atomic E-state index is 10.5. The lowest BCUT2D eigenvalue weighted by atomic mass is 10.2. The zero-order chi connectivity index (χ0) is 19.0. The molecule has 0 fully saturated rings. The van der Waals surface area contributed by atoms with Gasteiger partial charge in [0.15, 0.2) is 0 Å². The first-order valence-corrected chi connectivity index (χ1v) is 8.21. The molecule has 7 N–H and O–H groups in total. The van der Waals surface area contributed by atoms with Gasteiger partial charge in [0.25, 0.3) is 10.1 Å². The highest BCUT2D eigenvalue weighted by molar-refractivity contribution is 7.85. The van der Waals surface area contributed by atoms with Crippen molar-refractivity contribution >= 4 is 22.3 Å². The van der Waals surface area contributed by atoms with Crippen LogP contribution in [-0.2, 0) is 10.1 Å². The van der Waals surface area contributed by atoms with E-state index in [1.54, 1.807) is 12.1 Å². The molecule has 0 aliphatic rings. The summed E-state index contributed by atoms with van der Waals surface area (Å²) in [5.74, 6) is -0.291. The number of aromatic hydroxyl groups is 2. The van der Waals surface area contributed by atoms with E-state index in [1.807, 2.05) is 6.92 Å². The molecule has 0 saturated carbocycles. The summed E-state index contributed by atoms with van der Waals surface area (Å²) in [4.78, 5) is -0.0666. The van der Waals surface area contributed by atoms with Crippen molar-refractivity contribution in [2.45, 2.75) is 11.8 Å². The van der Waals surface area contributed by atoms with Gasteiger partial charge in [-0.1, -0.05) is 17.7 Å². The lowest BCUT2D eigenvalue weighted by Crippen LogP contribution is -2.21. The molecule has 0 amide bonds. The number of benzene rings is 2. The molecular formula is C15H18N4O5S. The second kappa shape index (κ2) is 8.66. The minimum absolute atomic E-state index is 0.0264. The van der Waals surface area contributed by atoms with Crippen LogP contribution in [0.3, 0.4) is 0 Å². The number of rotatable bonds is 3. The van der Waals surface area contributed by atoms with Crippen molar-refractivity contribution in [3.8, 4) is 11.5 Å². The average molecular weight is 366 g/mol. The topological polar surface area (TPSA) is 172 Å². The second-order valence-electron chi connectivity index (χ2n) is 4.80. The summed E-state index contributed by atoms with van der Waals surface area (Å²) in [6.45, 7) is 1.84. The molecule has 0 aliphatic carbocycles. The van der Waals surface area contributed by atoms with Crippen molar-refractivity contribution < 1.29 is 23.2 Å². The normalized spacial score (nSPS) is 10.8. The van der Waals surface area contributed by atoms with Gasteiger partial charge in [-0.2, -0.15) is 13.5 Å². The Morgan fingerprint density at radius 2 is 1.68 bits per heavy atom. The third-order valence-corrected chi connectivity index (χ3v) is 3.57. The van der Waals surface area contributed by atoms with Gasteiger partial charge in [0, 0.05) is 11.6 Å². The monoisotopic (exact) mass is 366 g/mol.